The molecule has 0 aromatic heterocycles. The van der Waals surface area contributed by atoms with Crippen LogP contribution in [0, 0.1) is 17.8 Å². The number of carbonyl (C=O) groups excluding carboxylic acids is 2. The predicted octanol–water partition coefficient (Wildman–Crippen LogP) is 1.71. The first-order valence-electron chi connectivity index (χ1n) is 8.91. The van der Waals surface area contributed by atoms with Crippen LogP contribution in [0.25, 0.3) is 0 Å². The number of hydrogen-bond acceptors (Lipinski definition) is 3. The third-order valence-corrected chi connectivity index (χ3v) is 6.04. The second-order valence-electron chi connectivity index (χ2n) is 7.37. The Kier molecular flexibility index (Phi) is 4.04. The minimum absolute atomic E-state index is 0.0412. The number of hydrogen-bond donors (Lipinski definition) is 2. The van der Waals surface area contributed by atoms with Gasteiger partial charge in [-0.05, 0) is 48.6 Å². The van der Waals surface area contributed by atoms with Crippen LogP contribution in [-0.2, 0) is 20.7 Å². The lowest BCUT2D eigenvalue weighted by Gasteiger charge is -2.31. The van der Waals surface area contributed by atoms with Gasteiger partial charge in [0.25, 0.3) is 0 Å². The van der Waals surface area contributed by atoms with Gasteiger partial charge in [0, 0.05) is 6.04 Å². The van der Waals surface area contributed by atoms with Crippen molar-refractivity contribution in [1.29, 1.82) is 0 Å². The lowest BCUT2D eigenvalue weighted by molar-refractivity contribution is -0.128. The Balaban J connectivity index is 1.43. The molecule has 5 heteroatoms. The van der Waals surface area contributed by atoms with Crippen LogP contribution >= 0.6 is 0 Å². The highest BCUT2D eigenvalue weighted by molar-refractivity contribution is 5.81. The Labute approximate surface area is 141 Å². The van der Waals surface area contributed by atoms with E-state index in [2.05, 4.69) is 11.4 Å². The molecule has 1 aromatic carbocycles. The zero-order chi connectivity index (χ0) is 16.7. The van der Waals surface area contributed by atoms with Crippen molar-refractivity contribution in [2.75, 3.05) is 6.61 Å². The highest BCUT2D eigenvalue weighted by Gasteiger charge is 2.50. The topological polar surface area (TPSA) is 81.4 Å². The van der Waals surface area contributed by atoms with Gasteiger partial charge in [0.05, 0.1) is 25.0 Å². The summed E-state index contributed by atoms with van der Waals surface area (Å²) < 4.78 is 5.82. The van der Waals surface area contributed by atoms with E-state index in [0.717, 1.165) is 31.2 Å². The summed E-state index contributed by atoms with van der Waals surface area (Å²) >= 11 is 0. The molecule has 2 bridgehead atoms. The van der Waals surface area contributed by atoms with Crippen LogP contribution in [0.2, 0.25) is 0 Å². The van der Waals surface area contributed by atoms with Gasteiger partial charge in [-0.25, -0.2) is 0 Å². The summed E-state index contributed by atoms with van der Waals surface area (Å²) in [5, 5.41) is 3.10. The molecule has 2 amide bonds. The van der Waals surface area contributed by atoms with Crippen LogP contribution in [0.15, 0.2) is 24.3 Å². The molecule has 0 saturated heterocycles. The molecule has 2 fully saturated rings. The van der Waals surface area contributed by atoms with Gasteiger partial charge in [0.1, 0.15) is 0 Å². The van der Waals surface area contributed by atoms with Crippen molar-refractivity contribution in [3.63, 3.8) is 0 Å². The molecule has 3 aliphatic rings. The van der Waals surface area contributed by atoms with Crippen LogP contribution in [0.3, 0.4) is 0 Å². The minimum Gasteiger partial charge on any atom is -0.373 e. The molecular weight excluding hydrogens is 304 g/mol. The number of carbonyl (C=O) groups is 2. The van der Waals surface area contributed by atoms with Crippen molar-refractivity contribution in [2.24, 2.45) is 23.5 Å². The Morgan fingerprint density at radius 1 is 1.21 bits per heavy atom. The quantitative estimate of drug-likeness (QED) is 0.883. The molecule has 128 valence electrons. The van der Waals surface area contributed by atoms with Gasteiger partial charge in [-0.15, -0.1) is 0 Å². The summed E-state index contributed by atoms with van der Waals surface area (Å²) in [6, 6.07) is 8.05. The molecule has 2 aliphatic carbocycles. The monoisotopic (exact) mass is 328 g/mol. The van der Waals surface area contributed by atoms with Crippen LogP contribution in [-0.4, -0.2) is 24.5 Å². The van der Waals surface area contributed by atoms with Gasteiger partial charge in [-0.2, -0.15) is 0 Å². The van der Waals surface area contributed by atoms with Crippen molar-refractivity contribution in [2.45, 2.75) is 44.2 Å². The third-order valence-electron chi connectivity index (χ3n) is 6.04. The largest absolute Gasteiger partial charge is 0.373 e. The SMILES string of the molecule is NC(=O)[C@@H]1[C@H]2CC[C@@H](C2)[C@H]1NC(=O)C[C@H]1OCCc2ccccc21. The van der Waals surface area contributed by atoms with Crippen molar-refractivity contribution in [1.82, 2.24) is 5.32 Å². The summed E-state index contributed by atoms with van der Waals surface area (Å²) in [7, 11) is 0. The second-order valence-corrected chi connectivity index (χ2v) is 7.37. The van der Waals surface area contributed by atoms with Crippen LogP contribution in [0.1, 0.15) is 42.9 Å². The molecule has 2 saturated carbocycles. The van der Waals surface area contributed by atoms with Crippen molar-refractivity contribution >= 4 is 11.8 Å². The van der Waals surface area contributed by atoms with E-state index in [0.29, 0.717) is 24.9 Å². The average molecular weight is 328 g/mol. The molecule has 1 heterocycles. The average Bonchev–Trinajstić information content (AvgIpc) is 3.16. The van der Waals surface area contributed by atoms with Gasteiger partial charge in [-0.3, -0.25) is 9.59 Å². The predicted molar refractivity (Wildman–Crippen MR) is 88.9 cm³/mol. The van der Waals surface area contributed by atoms with Crippen molar-refractivity contribution in [3.8, 4) is 0 Å². The van der Waals surface area contributed by atoms with Crippen molar-refractivity contribution in [3.05, 3.63) is 35.4 Å². The highest BCUT2D eigenvalue weighted by atomic mass is 16.5. The van der Waals surface area contributed by atoms with E-state index in [1.807, 2.05) is 18.2 Å². The smallest absolute Gasteiger partial charge is 0.223 e. The van der Waals surface area contributed by atoms with Gasteiger partial charge in [-0.1, -0.05) is 24.3 Å². The Hall–Kier alpha value is -1.88. The number of benzene rings is 1. The molecule has 3 N–H and O–H groups in total. The summed E-state index contributed by atoms with van der Waals surface area (Å²) in [5.74, 6) is 0.236. The molecular formula is C19H24N2O3. The van der Waals surface area contributed by atoms with Gasteiger partial charge < -0.3 is 15.8 Å². The fourth-order valence-corrected chi connectivity index (χ4v) is 4.97. The van der Waals surface area contributed by atoms with Crippen LogP contribution < -0.4 is 11.1 Å². The van der Waals surface area contributed by atoms with E-state index in [1.54, 1.807) is 0 Å². The van der Waals surface area contributed by atoms with Crippen molar-refractivity contribution < 1.29 is 14.3 Å². The number of rotatable bonds is 4. The molecule has 5 atom stereocenters. The molecule has 24 heavy (non-hydrogen) atoms. The first kappa shape index (κ1) is 15.6. The van der Waals surface area contributed by atoms with E-state index < -0.39 is 0 Å². The maximum atomic E-state index is 12.6. The van der Waals surface area contributed by atoms with E-state index in [1.165, 1.54) is 5.56 Å². The number of fused-ring (bicyclic) bond motifs is 3. The maximum Gasteiger partial charge on any atom is 0.223 e. The second kappa shape index (κ2) is 6.20. The number of nitrogens with two attached hydrogens (primary N) is 1. The molecule has 1 aromatic rings. The lowest BCUT2D eigenvalue weighted by atomic mass is 9.83. The Morgan fingerprint density at radius 2 is 2.00 bits per heavy atom. The van der Waals surface area contributed by atoms with E-state index in [-0.39, 0.29) is 29.9 Å². The summed E-state index contributed by atoms with van der Waals surface area (Å²) in [6.45, 7) is 0.646. The lowest BCUT2D eigenvalue weighted by Crippen LogP contribution is -2.49. The number of nitrogens with one attached hydrogen (secondary N) is 1. The highest BCUT2D eigenvalue weighted by Crippen LogP contribution is 2.48. The Morgan fingerprint density at radius 3 is 2.83 bits per heavy atom. The van der Waals surface area contributed by atoms with Gasteiger partial charge in [0.2, 0.25) is 11.8 Å². The zero-order valence-electron chi connectivity index (χ0n) is 13.7. The van der Waals surface area contributed by atoms with Crippen LogP contribution in [0.5, 0.6) is 0 Å². The summed E-state index contributed by atoms with van der Waals surface area (Å²) in [4.78, 5) is 24.4. The summed E-state index contributed by atoms with van der Waals surface area (Å²) in [6.07, 6.45) is 4.16. The first-order valence-corrected chi connectivity index (χ1v) is 8.91. The third kappa shape index (κ3) is 2.71. The Bertz CT molecular complexity index is 660. The van der Waals surface area contributed by atoms with Gasteiger partial charge in [0.15, 0.2) is 0 Å². The normalized spacial score (nSPS) is 33.9. The van der Waals surface area contributed by atoms with E-state index >= 15 is 0 Å². The molecule has 1 aliphatic heterocycles. The number of ether oxygens (including phenoxy) is 1. The fourth-order valence-electron chi connectivity index (χ4n) is 4.97. The van der Waals surface area contributed by atoms with Gasteiger partial charge >= 0.3 is 0 Å². The number of primary amides is 1. The summed E-state index contributed by atoms with van der Waals surface area (Å²) in [5.41, 5.74) is 7.95. The molecule has 5 nitrogen and oxygen atoms in total. The zero-order valence-corrected chi connectivity index (χ0v) is 13.7. The van der Waals surface area contributed by atoms with Crippen LogP contribution in [0.4, 0.5) is 0 Å². The van der Waals surface area contributed by atoms with E-state index in [4.69, 9.17) is 10.5 Å². The first-order chi connectivity index (χ1) is 11.6. The fraction of sp³-hybridized carbons (Fsp3) is 0.579. The molecule has 0 radical (unpaired) electrons. The molecule has 0 spiro atoms. The maximum absolute atomic E-state index is 12.6. The molecule has 4 rings (SSSR count). The number of amides is 2. The minimum atomic E-state index is -0.272. The molecule has 0 unspecified atom stereocenters. The standard InChI is InChI=1S/C19H24N2O3/c20-19(23)17-12-5-6-13(9-12)18(17)21-16(22)10-15-14-4-2-1-3-11(14)7-8-24-15/h1-4,12-13,15,17-18H,5-10H2,(H2,20,23)(H,21,22)/t12-,13-,15+,17+,18+/m0/s1. The van der Waals surface area contributed by atoms with E-state index in [9.17, 15) is 9.59 Å².